The summed E-state index contributed by atoms with van der Waals surface area (Å²) in [6.07, 6.45) is 12.6. The van der Waals surface area contributed by atoms with Crippen molar-refractivity contribution < 1.29 is 21.2 Å². The molecule has 0 saturated heterocycles. The van der Waals surface area contributed by atoms with Crippen molar-refractivity contribution in [2.24, 2.45) is 28.2 Å². The van der Waals surface area contributed by atoms with E-state index >= 15 is 0 Å². The third-order valence-corrected chi connectivity index (χ3v) is 8.08. The van der Waals surface area contributed by atoms with Crippen LogP contribution in [-0.4, -0.2) is 17.4 Å². The molecule has 1 aromatic rings. The van der Waals surface area contributed by atoms with Gasteiger partial charge in [-0.15, -0.1) is 0 Å². The molecule has 0 aromatic heterocycles. The molecule has 0 aliphatic heterocycles. The van der Waals surface area contributed by atoms with Gasteiger partial charge in [0.15, 0.2) is 0 Å². The molecule has 5 rings (SSSR count). The quantitative estimate of drug-likeness (QED) is 0.156. The number of hydrogen-bond acceptors (Lipinski definition) is 2. The van der Waals surface area contributed by atoms with Crippen LogP contribution < -0.4 is 42.3 Å². The van der Waals surface area contributed by atoms with Crippen LogP contribution >= 0.6 is 0 Å². The van der Waals surface area contributed by atoms with Crippen molar-refractivity contribution >= 4 is 21.8 Å². The molecule has 4 bridgehead atoms. The van der Waals surface area contributed by atoms with Crippen LogP contribution in [0.1, 0.15) is 45.4 Å². The first-order valence-electron chi connectivity index (χ1n) is 10.3. The Hall–Kier alpha value is -1.55. The molecule has 0 unspecified atom stereocenters. The molecule has 5 heteroatoms. The number of rotatable bonds is 4. The minimum atomic E-state index is 0.0165. The fourth-order valence-corrected chi connectivity index (χ4v) is 7.51. The molecule has 28 heavy (non-hydrogen) atoms. The number of anilines is 1. The molecule has 0 atom stereocenters. The van der Waals surface area contributed by atoms with Gasteiger partial charge in [-0.1, -0.05) is 0 Å². The summed E-state index contributed by atoms with van der Waals surface area (Å²) in [4.78, 5) is 7.17. The van der Waals surface area contributed by atoms with Crippen LogP contribution in [-0.2, 0) is 0 Å². The zero-order chi connectivity index (χ0) is 19.6. The Balaban J connectivity index is 1.57. The standard InChI is InChI=1S/C23H30IN4/c1-3-19-5-4-6-21(20(19)13-24-2)28-22(27-15-25)26-14-23-10-16-7-17(11-23)9-18(8-16)12-23/h3-6,13,16-18H,7-12,14H2,1-2H3,(H2,26,27,28)/q-1/b19-3-,20-13+. The molecule has 150 valence electrons. The number of halogens is 1. The Morgan fingerprint density at radius 3 is 2.50 bits per heavy atom. The zero-order valence-corrected chi connectivity index (χ0v) is 19.0. The van der Waals surface area contributed by atoms with E-state index in [2.05, 4.69) is 57.0 Å². The van der Waals surface area contributed by atoms with E-state index in [1.54, 1.807) is 0 Å². The van der Waals surface area contributed by atoms with E-state index in [0.717, 1.165) is 30.0 Å². The number of hydrogen-bond donors (Lipinski definition) is 2. The Bertz CT molecular complexity index is 876. The molecule has 4 saturated carbocycles. The van der Waals surface area contributed by atoms with E-state index in [-0.39, 0.29) is 21.2 Å². The van der Waals surface area contributed by atoms with Gasteiger partial charge in [0.2, 0.25) is 0 Å². The topological polar surface area (TPSA) is 60.2 Å². The summed E-state index contributed by atoms with van der Waals surface area (Å²) < 4.78 is 2.33. The molecular weight excluding hydrogens is 459 g/mol. The van der Waals surface area contributed by atoms with Crippen molar-refractivity contribution in [3.63, 3.8) is 0 Å². The van der Waals surface area contributed by atoms with Gasteiger partial charge in [0.05, 0.1) is 0 Å². The maximum atomic E-state index is 9.26. The Labute approximate surface area is 178 Å². The number of alkyl halides is 1. The molecule has 0 amide bonds. The van der Waals surface area contributed by atoms with Gasteiger partial charge in [0.25, 0.3) is 0 Å². The third-order valence-electron chi connectivity index (χ3n) is 6.83. The molecule has 4 fully saturated rings. The molecule has 2 N–H and O–H groups in total. The molecular formula is C23H30IN4-. The van der Waals surface area contributed by atoms with Gasteiger partial charge >= 0.3 is 179 Å². The van der Waals surface area contributed by atoms with Gasteiger partial charge in [-0.05, 0) is 0 Å². The van der Waals surface area contributed by atoms with E-state index in [4.69, 9.17) is 4.99 Å². The summed E-state index contributed by atoms with van der Waals surface area (Å²) >= 11 is 0.0165. The Kier molecular flexibility index (Phi) is 5.96. The summed E-state index contributed by atoms with van der Waals surface area (Å²) in [5.74, 6) is 3.37. The number of nitrogens with one attached hydrogen (secondary N) is 2. The third kappa shape index (κ3) is 4.07. The van der Waals surface area contributed by atoms with Gasteiger partial charge in [0.1, 0.15) is 0 Å². The van der Waals surface area contributed by atoms with E-state index in [1.807, 2.05) is 0 Å². The molecule has 4 nitrogen and oxygen atoms in total. The van der Waals surface area contributed by atoms with Crippen LogP contribution in [0, 0.1) is 34.6 Å². The van der Waals surface area contributed by atoms with Gasteiger partial charge in [-0.2, -0.15) is 0 Å². The molecule has 4 aliphatic rings. The maximum absolute atomic E-state index is 9.26. The number of aliphatic imine (C=N–C) groups is 1. The molecule has 0 heterocycles. The van der Waals surface area contributed by atoms with Crippen molar-refractivity contribution in [2.45, 2.75) is 45.4 Å². The first-order valence-corrected chi connectivity index (χ1v) is 13.7. The van der Waals surface area contributed by atoms with E-state index in [9.17, 15) is 5.26 Å². The van der Waals surface area contributed by atoms with Gasteiger partial charge in [-0.25, -0.2) is 0 Å². The predicted octanol–water partition coefficient (Wildman–Crippen LogP) is -0.00122. The van der Waals surface area contributed by atoms with Crippen LogP contribution in [0.15, 0.2) is 23.2 Å². The van der Waals surface area contributed by atoms with E-state index in [1.165, 1.54) is 49.0 Å². The Morgan fingerprint density at radius 1 is 1.25 bits per heavy atom. The summed E-state index contributed by atoms with van der Waals surface area (Å²) in [5, 5.41) is 17.9. The van der Waals surface area contributed by atoms with Crippen LogP contribution in [0.25, 0.3) is 10.2 Å². The summed E-state index contributed by atoms with van der Waals surface area (Å²) in [7, 11) is 0. The molecule has 0 spiro atoms. The molecule has 1 aromatic carbocycles. The zero-order valence-electron chi connectivity index (χ0n) is 16.8. The van der Waals surface area contributed by atoms with Gasteiger partial charge in [-0.3, -0.25) is 0 Å². The second kappa shape index (κ2) is 8.44. The number of guanidine groups is 1. The SMILES string of the molecule is C/C=c1/cccc(NC(=NCC23CC4CC(CC(C4)C2)C3)NC#N)/c1=C/[I-]C. The van der Waals surface area contributed by atoms with Gasteiger partial charge in [0, 0.05) is 0 Å². The summed E-state index contributed by atoms with van der Waals surface area (Å²) in [5.41, 5.74) is 1.41. The minimum absolute atomic E-state index is 0.0165. The second-order valence-corrected chi connectivity index (χ2v) is 10.7. The number of nitriles is 1. The normalized spacial score (nSPS) is 32.6. The molecule has 4 aliphatic carbocycles. The fourth-order valence-electron chi connectivity index (χ4n) is 6.20. The van der Waals surface area contributed by atoms with Crippen molar-refractivity contribution in [3.05, 3.63) is 28.6 Å². The van der Waals surface area contributed by atoms with Crippen molar-refractivity contribution in [1.29, 1.82) is 5.26 Å². The second-order valence-electron chi connectivity index (χ2n) is 8.87. The van der Waals surface area contributed by atoms with Crippen molar-refractivity contribution in [1.82, 2.24) is 5.32 Å². The monoisotopic (exact) mass is 489 g/mol. The van der Waals surface area contributed by atoms with Crippen LogP contribution in [0.5, 0.6) is 0 Å². The van der Waals surface area contributed by atoms with Crippen molar-refractivity contribution in [2.75, 3.05) is 16.8 Å². The predicted molar refractivity (Wildman–Crippen MR) is 111 cm³/mol. The van der Waals surface area contributed by atoms with E-state index in [0.29, 0.717) is 11.4 Å². The van der Waals surface area contributed by atoms with Crippen molar-refractivity contribution in [3.8, 4) is 6.19 Å². The average Bonchev–Trinajstić information content (AvgIpc) is 2.67. The Morgan fingerprint density at radius 2 is 1.93 bits per heavy atom. The van der Waals surface area contributed by atoms with Crippen LogP contribution in [0.4, 0.5) is 5.69 Å². The summed E-state index contributed by atoms with van der Waals surface area (Å²) in [6.45, 7) is 2.91. The average molecular weight is 489 g/mol. The van der Waals surface area contributed by atoms with Crippen LogP contribution in [0.2, 0.25) is 0 Å². The first-order chi connectivity index (χ1) is 13.6. The number of nitrogens with zero attached hydrogens (tertiary/aromatic N) is 2. The first kappa shape index (κ1) is 19.8. The summed E-state index contributed by atoms with van der Waals surface area (Å²) in [6, 6.07) is 6.28. The van der Waals surface area contributed by atoms with E-state index < -0.39 is 0 Å². The van der Waals surface area contributed by atoms with Crippen LogP contribution in [0.3, 0.4) is 0 Å². The fraction of sp³-hybridized carbons (Fsp3) is 0.565. The number of benzene rings is 1. The molecule has 0 radical (unpaired) electrons. The van der Waals surface area contributed by atoms with Gasteiger partial charge < -0.3 is 0 Å².